The van der Waals surface area contributed by atoms with Gasteiger partial charge in [-0.05, 0) is 42.3 Å². The molecule has 2 aromatic rings. The Balaban J connectivity index is 1.93. The number of rotatable bonds is 6. The molecule has 0 aliphatic carbocycles. The highest BCUT2D eigenvalue weighted by atomic mass is 19.1. The minimum Gasteiger partial charge on any atom is -0.386 e. The average molecular weight is 332 g/mol. The highest BCUT2D eigenvalue weighted by Gasteiger charge is 2.18. The summed E-state index contributed by atoms with van der Waals surface area (Å²) in [7, 11) is 1.60. The van der Waals surface area contributed by atoms with Gasteiger partial charge in [0.25, 0.3) is 0 Å². The van der Waals surface area contributed by atoms with Crippen LogP contribution in [0, 0.1) is 5.82 Å². The number of nitrogens with one attached hydrogen (secondary N) is 2. The highest BCUT2D eigenvalue weighted by Crippen LogP contribution is 2.17. The van der Waals surface area contributed by atoms with Crippen LogP contribution in [0.15, 0.2) is 48.5 Å². The molecule has 0 fully saturated rings. The maximum absolute atomic E-state index is 12.9. The van der Waals surface area contributed by atoms with Crippen LogP contribution in [0.4, 0.5) is 14.9 Å². The fraction of sp³-hybridized carbons (Fsp3) is 0.278. The molecule has 0 spiro atoms. The SMILES string of the molecule is COCc1cccc(NC(=O)NC(C)C(O)c2ccc(F)cc2)c1. The second-order valence-corrected chi connectivity index (χ2v) is 5.52. The molecule has 3 N–H and O–H groups in total. The normalized spacial score (nSPS) is 13.2. The van der Waals surface area contributed by atoms with Gasteiger partial charge in [0.1, 0.15) is 5.82 Å². The summed E-state index contributed by atoms with van der Waals surface area (Å²) in [6.07, 6.45) is -0.934. The third-order valence-corrected chi connectivity index (χ3v) is 3.54. The van der Waals surface area contributed by atoms with E-state index < -0.39 is 18.2 Å². The fourth-order valence-corrected chi connectivity index (χ4v) is 2.31. The van der Waals surface area contributed by atoms with E-state index in [4.69, 9.17) is 4.74 Å². The summed E-state index contributed by atoms with van der Waals surface area (Å²) >= 11 is 0. The third-order valence-electron chi connectivity index (χ3n) is 3.54. The number of benzene rings is 2. The van der Waals surface area contributed by atoms with Crippen molar-refractivity contribution in [2.75, 3.05) is 12.4 Å². The summed E-state index contributed by atoms with van der Waals surface area (Å²) in [6.45, 7) is 2.13. The Labute approximate surface area is 140 Å². The summed E-state index contributed by atoms with van der Waals surface area (Å²) in [5.74, 6) is -0.375. The van der Waals surface area contributed by atoms with Gasteiger partial charge in [-0.3, -0.25) is 0 Å². The topological polar surface area (TPSA) is 70.6 Å². The summed E-state index contributed by atoms with van der Waals surface area (Å²) in [4.78, 5) is 12.1. The Morgan fingerprint density at radius 3 is 2.62 bits per heavy atom. The van der Waals surface area contributed by atoms with Gasteiger partial charge in [-0.15, -0.1) is 0 Å². The van der Waals surface area contributed by atoms with Crippen LogP contribution in [-0.2, 0) is 11.3 Å². The van der Waals surface area contributed by atoms with Gasteiger partial charge >= 0.3 is 6.03 Å². The molecule has 0 radical (unpaired) electrons. The van der Waals surface area contributed by atoms with Crippen LogP contribution in [0.25, 0.3) is 0 Å². The van der Waals surface area contributed by atoms with Gasteiger partial charge in [-0.1, -0.05) is 24.3 Å². The van der Waals surface area contributed by atoms with Gasteiger partial charge in [-0.2, -0.15) is 0 Å². The molecule has 2 unspecified atom stereocenters. The van der Waals surface area contributed by atoms with Gasteiger partial charge in [0.15, 0.2) is 0 Å². The van der Waals surface area contributed by atoms with E-state index in [0.717, 1.165) is 5.56 Å². The predicted molar refractivity (Wildman–Crippen MR) is 90.1 cm³/mol. The molecule has 0 aliphatic heterocycles. The lowest BCUT2D eigenvalue weighted by molar-refractivity contribution is 0.139. The summed E-state index contributed by atoms with van der Waals surface area (Å²) in [5.41, 5.74) is 2.10. The number of halogens is 1. The molecule has 5 nitrogen and oxygen atoms in total. The van der Waals surface area contributed by atoms with Crippen LogP contribution >= 0.6 is 0 Å². The molecule has 6 heteroatoms. The van der Waals surface area contributed by atoms with E-state index in [2.05, 4.69) is 10.6 Å². The summed E-state index contributed by atoms with van der Waals surface area (Å²) in [6, 6.07) is 11.8. The number of urea groups is 1. The Hall–Kier alpha value is -2.44. The molecule has 128 valence electrons. The second-order valence-electron chi connectivity index (χ2n) is 5.52. The Bertz CT molecular complexity index is 676. The number of hydrogen-bond donors (Lipinski definition) is 3. The van der Waals surface area contributed by atoms with E-state index in [9.17, 15) is 14.3 Å². The minimum atomic E-state index is -0.934. The van der Waals surface area contributed by atoms with E-state index in [1.54, 1.807) is 20.1 Å². The Morgan fingerprint density at radius 1 is 1.25 bits per heavy atom. The van der Waals surface area contributed by atoms with E-state index in [-0.39, 0.29) is 5.82 Å². The zero-order valence-electron chi connectivity index (χ0n) is 13.6. The van der Waals surface area contributed by atoms with Crippen LogP contribution in [0.3, 0.4) is 0 Å². The molecule has 0 aliphatic rings. The zero-order valence-corrected chi connectivity index (χ0v) is 13.6. The Morgan fingerprint density at radius 2 is 1.96 bits per heavy atom. The predicted octanol–water partition coefficient (Wildman–Crippen LogP) is 3.22. The molecule has 0 saturated carbocycles. The Kier molecular flexibility index (Phi) is 6.28. The van der Waals surface area contributed by atoms with Crippen molar-refractivity contribution in [3.05, 3.63) is 65.5 Å². The average Bonchev–Trinajstić information content (AvgIpc) is 2.55. The number of hydrogen-bond acceptors (Lipinski definition) is 3. The van der Waals surface area contributed by atoms with E-state index in [1.165, 1.54) is 24.3 Å². The number of ether oxygens (including phenoxy) is 1. The highest BCUT2D eigenvalue weighted by molar-refractivity contribution is 5.89. The second kappa shape index (κ2) is 8.42. The van der Waals surface area contributed by atoms with Gasteiger partial charge in [0, 0.05) is 12.8 Å². The number of anilines is 1. The molecule has 2 rings (SSSR count). The molecule has 2 aromatic carbocycles. The van der Waals surface area contributed by atoms with Gasteiger partial charge in [-0.25, -0.2) is 9.18 Å². The summed E-state index contributed by atoms with van der Waals surface area (Å²) < 4.78 is 18.0. The van der Waals surface area contributed by atoms with Crippen molar-refractivity contribution in [1.82, 2.24) is 5.32 Å². The van der Waals surface area contributed by atoms with E-state index >= 15 is 0 Å². The van der Waals surface area contributed by atoms with Gasteiger partial charge < -0.3 is 20.5 Å². The van der Waals surface area contributed by atoms with Crippen molar-refractivity contribution >= 4 is 11.7 Å². The van der Waals surface area contributed by atoms with Crippen LogP contribution < -0.4 is 10.6 Å². The smallest absolute Gasteiger partial charge is 0.319 e. The molecule has 0 bridgehead atoms. The first-order chi connectivity index (χ1) is 11.5. The fourth-order valence-electron chi connectivity index (χ4n) is 2.31. The van der Waals surface area contributed by atoms with Crippen molar-refractivity contribution in [1.29, 1.82) is 0 Å². The van der Waals surface area contributed by atoms with E-state index in [1.807, 2.05) is 18.2 Å². The first kappa shape index (κ1) is 17.9. The van der Waals surface area contributed by atoms with Crippen molar-refractivity contribution < 1.29 is 19.0 Å². The largest absolute Gasteiger partial charge is 0.386 e. The molecule has 2 atom stereocenters. The molecule has 24 heavy (non-hydrogen) atoms. The number of aliphatic hydroxyl groups excluding tert-OH is 1. The minimum absolute atomic E-state index is 0.375. The number of methoxy groups -OCH3 is 1. The number of amides is 2. The van der Waals surface area contributed by atoms with Crippen LogP contribution in [0.2, 0.25) is 0 Å². The van der Waals surface area contributed by atoms with Crippen LogP contribution in [0.5, 0.6) is 0 Å². The first-order valence-corrected chi connectivity index (χ1v) is 7.58. The molecular weight excluding hydrogens is 311 g/mol. The number of aliphatic hydroxyl groups is 1. The van der Waals surface area contributed by atoms with Crippen LogP contribution in [-0.4, -0.2) is 24.3 Å². The standard InChI is InChI=1S/C18H21FN2O3/c1-12(17(22)14-6-8-15(19)9-7-14)20-18(23)21-16-5-3-4-13(10-16)11-24-2/h3-10,12,17,22H,11H2,1-2H3,(H2,20,21,23). The zero-order chi connectivity index (χ0) is 17.5. The first-order valence-electron chi connectivity index (χ1n) is 7.58. The maximum Gasteiger partial charge on any atom is 0.319 e. The van der Waals surface area contributed by atoms with Gasteiger partial charge in [0.2, 0.25) is 0 Å². The third kappa shape index (κ3) is 5.04. The summed E-state index contributed by atoms with van der Waals surface area (Å²) in [5, 5.41) is 15.6. The monoisotopic (exact) mass is 332 g/mol. The van der Waals surface area contributed by atoms with Crippen LogP contribution in [0.1, 0.15) is 24.2 Å². The molecule has 0 saturated heterocycles. The van der Waals surface area contributed by atoms with Crippen molar-refractivity contribution in [3.63, 3.8) is 0 Å². The maximum atomic E-state index is 12.9. The lowest BCUT2D eigenvalue weighted by Crippen LogP contribution is -2.39. The molecule has 2 amide bonds. The number of carbonyl (C=O) groups is 1. The van der Waals surface area contributed by atoms with Gasteiger partial charge in [0.05, 0.1) is 18.8 Å². The molecular formula is C18H21FN2O3. The van der Waals surface area contributed by atoms with Crippen molar-refractivity contribution in [2.24, 2.45) is 0 Å². The van der Waals surface area contributed by atoms with Crippen molar-refractivity contribution in [3.8, 4) is 0 Å². The number of carbonyl (C=O) groups excluding carboxylic acids is 1. The van der Waals surface area contributed by atoms with E-state index in [0.29, 0.717) is 17.9 Å². The lowest BCUT2D eigenvalue weighted by atomic mass is 10.0. The lowest BCUT2D eigenvalue weighted by Gasteiger charge is -2.21. The molecule has 0 heterocycles. The quantitative estimate of drug-likeness (QED) is 0.761. The van der Waals surface area contributed by atoms with Crippen molar-refractivity contribution in [2.45, 2.75) is 25.7 Å². The molecule has 0 aromatic heterocycles.